The summed E-state index contributed by atoms with van der Waals surface area (Å²) in [5.41, 5.74) is 1.82. The molecule has 160 valence electrons. The maximum Gasteiger partial charge on any atom is 0.338 e. The van der Waals surface area contributed by atoms with Gasteiger partial charge in [-0.3, -0.25) is 4.79 Å². The summed E-state index contributed by atoms with van der Waals surface area (Å²) in [6.45, 7) is 3.55. The topological polar surface area (TPSA) is 97.6 Å². The number of nitrogens with one attached hydrogen (secondary N) is 1. The van der Waals surface area contributed by atoms with E-state index in [4.69, 9.17) is 9.15 Å². The first-order valence-corrected chi connectivity index (χ1v) is 10.3. The van der Waals surface area contributed by atoms with Gasteiger partial charge in [0.2, 0.25) is 5.91 Å². The lowest BCUT2D eigenvalue weighted by molar-refractivity contribution is -0.120. The molecule has 1 aliphatic heterocycles. The van der Waals surface area contributed by atoms with Crippen LogP contribution in [-0.2, 0) is 9.53 Å². The molecule has 0 spiro atoms. The van der Waals surface area contributed by atoms with Crippen molar-refractivity contribution in [1.82, 2.24) is 10.2 Å². The van der Waals surface area contributed by atoms with Crippen molar-refractivity contribution in [3.05, 3.63) is 60.4 Å². The van der Waals surface area contributed by atoms with Gasteiger partial charge in [0.1, 0.15) is 5.69 Å². The lowest BCUT2D eigenvalue weighted by Gasteiger charge is -2.31. The van der Waals surface area contributed by atoms with Gasteiger partial charge in [-0.05, 0) is 68.3 Å². The van der Waals surface area contributed by atoms with Crippen LogP contribution in [0.15, 0.2) is 59.2 Å². The maximum absolute atomic E-state index is 12.6. The molecule has 1 saturated heterocycles. The van der Waals surface area contributed by atoms with Crippen LogP contribution in [0.3, 0.4) is 0 Å². The van der Waals surface area contributed by atoms with Gasteiger partial charge < -0.3 is 19.4 Å². The summed E-state index contributed by atoms with van der Waals surface area (Å²) >= 11 is 0. The summed E-state index contributed by atoms with van der Waals surface area (Å²) in [6, 6.07) is 14.2. The maximum atomic E-state index is 12.6. The van der Waals surface area contributed by atoms with E-state index in [1.165, 1.54) is 0 Å². The number of ether oxygens (including phenoxy) is 1. The van der Waals surface area contributed by atoms with Gasteiger partial charge in [0.25, 0.3) is 0 Å². The molecule has 4 rings (SSSR count). The van der Waals surface area contributed by atoms with Crippen LogP contribution in [0, 0.1) is 5.92 Å². The summed E-state index contributed by atoms with van der Waals surface area (Å²) in [6.07, 6.45) is 3.07. The number of piperidine rings is 1. The van der Waals surface area contributed by atoms with Crippen LogP contribution in [0.4, 0.5) is 11.5 Å². The number of anilines is 2. The zero-order chi connectivity index (χ0) is 21.6. The average Bonchev–Trinajstić information content (AvgIpc) is 3.35. The van der Waals surface area contributed by atoms with E-state index >= 15 is 0 Å². The third-order valence-electron chi connectivity index (χ3n) is 5.28. The molecule has 31 heavy (non-hydrogen) atoms. The summed E-state index contributed by atoms with van der Waals surface area (Å²) in [7, 11) is 0. The molecule has 0 bridgehead atoms. The Kier molecular flexibility index (Phi) is 6.26. The lowest BCUT2D eigenvalue weighted by atomic mass is 9.95. The minimum atomic E-state index is -0.368. The molecule has 8 nitrogen and oxygen atoms in total. The lowest BCUT2D eigenvalue weighted by Crippen LogP contribution is -2.38. The van der Waals surface area contributed by atoms with E-state index in [0.29, 0.717) is 29.3 Å². The number of nitrogens with zero attached hydrogens (tertiary/aromatic N) is 3. The van der Waals surface area contributed by atoms with Crippen LogP contribution in [0.1, 0.15) is 30.1 Å². The summed E-state index contributed by atoms with van der Waals surface area (Å²) < 4.78 is 10.3. The molecule has 1 aromatic carbocycles. The number of furan rings is 1. The third kappa shape index (κ3) is 4.91. The van der Waals surface area contributed by atoms with Crippen LogP contribution in [0.5, 0.6) is 0 Å². The number of benzene rings is 1. The second kappa shape index (κ2) is 9.42. The van der Waals surface area contributed by atoms with Crippen molar-refractivity contribution in [2.45, 2.75) is 19.8 Å². The number of esters is 1. The SMILES string of the molecule is CCOC(=O)c1ccc(NC(=O)C2CCN(c3ccc(-c4ccco4)nn3)CC2)cc1. The van der Waals surface area contributed by atoms with Gasteiger partial charge in [0.15, 0.2) is 11.6 Å². The predicted molar refractivity (Wildman–Crippen MR) is 116 cm³/mol. The first-order valence-electron chi connectivity index (χ1n) is 10.3. The second-order valence-corrected chi connectivity index (χ2v) is 7.30. The van der Waals surface area contributed by atoms with E-state index in [9.17, 15) is 9.59 Å². The molecule has 3 heterocycles. The fourth-order valence-electron chi connectivity index (χ4n) is 3.57. The van der Waals surface area contributed by atoms with E-state index in [0.717, 1.165) is 31.7 Å². The number of carbonyl (C=O) groups is 2. The monoisotopic (exact) mass is 420 g/mol. The molecule has 0 saturated carbocycles. The van der Waals surface area contributed by atoms with Gasteiger partial charge in [0, 0.05) is 24.7 Å². The van der Waals surface area contributed by atoms with Crippen LogP contribution in [0.2, 0.25) is 0 Å². The molecule has 1 aliphatic rings. The summed E-state index contributed by atoms with van der Waals surface area (Å²) in [5, 5.41) is 11.5. The minimum absolute atomic E-state index is 0.0113. The molecule has 2 aromatic heterocycles. The van der Waals surface area contributed by atoms with Crippen LogP contribution < -0.4 is 10.2 Å². The molecular weight excluding hydrogens is 396 g/mol. The molecule has 1 amide bonds. The Balaban J connectivity index is 1.29. The molecule has 1 N–H and O–H groups in total. The highest BCUT2D eigenvalue weighted by Crippen LogP contribution is 2.24. The zero-order valence-corrected chi connectivity index (χ0v) is 17.3. The summed E-state index contributed by atoms with van der Waals surface area (Å²) in [5.74, 6) is 1.03. The molecule has 0 radical (unpaired) electrons. The number of amides is 1. The quantitative estimate of drug-likeness (QED) is 0.606. The van der Waals surface area contributed by atoms with E-state index in [-0.39, 0.29) is 17.8 Å². The van der Waals surface area contributed by atoms with Gasteiger partial charge in [-0.25, -0.2) is 4.79 Å². The third-order valence-corrected chi connectivity index (χ3v) is 5.28. The largest absolute Gasteiger partial charge is 0.463 e. The van der Waals surface area contributed by atoms with Gasteiger partial charge in [0.05, 0.1) is 18.4 Å². The summed E-state index contributed by atoms with van der Waals surface area (Å²) in [4.78, 5) is 26.5. The van der Waals surface area contributed by atoms with E-state index in [2.05, 4.69) is 20.4 Å². The standard InChI is InChI=1S/C23H24N4O4/c1-2-30-23(29)17-5-7-18(8-6-17)24-22(28)16-11-13-27(14-12-16)21-10-9-19(25-26-21)20-4-3-15-31-20/h3-10,15-16H,2,11-14H2,1H3,(H,24,28). The Bertz CT molecular complexity index is 1010. The van der Waals surface area contributed by atoms with Gasteiger partial charge in [-0.2, -0.15) is 0 Å². The van der Waals surface area contributed by atoms with Crippen molar-refractivity contribution in [1.29, 1.82) is 0 Å². The fraction of sp³-hybridized carbons (Fsp3) is 0.304. The molecule has 0 aliphatic carbocycles. The van der Waals surface area contributed by atoms with Gasteiger partial charge in [-0.15, -0.1) is 10.2 Å². The average molecular weight is 420 g/mol. The molecule has 0 unspecified atom stereocenters. The first-order chi connectivity index (χ1) is 15.1. The van der Waals surface area contributed by atoms with Crippen molar-refractivity contribution in [2.75, 3.05) is 29.9 Å². The molecule has 3 aromatic rings. The van der Waals surface area contributed by atoms with Crippen LogP contribution in [-0.4, -0.2) is 41.8 Å². The Hall–Kier alpha value is -3.68. The van der Waals surface area contributed by atoms with Crippen molar-refractivity contribution in [2.24, 2.45) is 5.92 Å². The Morgan fingerprint density at radius 1 is 1.10 bits per heavy atom. The zero-order valence-electron chi connectivity index (χ0n) is 17.3. The van der Waals surface area contributed by atoms with Gasteiger partial charge in [-0.1, -0.05) is 0 Å². The van der Waals surface area contributed by atoms with Crippen molar-refractivity contribution in [3.8, 4) is 11.5 Å². The molecule has 0 atom stereocenters. The minimum Gasteiger partial charge on any atom is -0.463 e. The number of hydrogen-bond donors (Lipinski definition) is 1. The first kappa shape index (κ1) is 20.6. The second-order valence-electron chi connectivity index (χ2n) is 7.30. The fourth-order valence-corrected chi connectivity index (χ4v) is 3.57. The molecular formula is C23H24N4O4. The van der Waals surface area contributed by atoms with E-state index in [1.807, 2.05) is 24.3 Å². The number of aromatic nitrogens is 2. The van der Waals surface area contributed by atoms with Gasteiger partial charge >= 0.3 is 5.97 Å². The Morgan fingerprint density at radius 3 is 2.48 bits per heavy atom. The highest BCUT2D eigenvalue weighted by Gasteiger charge is 2.26. The number of rotatable bonds is 6. The Labute approximate surface area is 180 Å². The van der Waals surface area contributed by atoms with Crippen LogP contribution in [0.25, 0.3) is 11.5 Å². The highest BCUT2D eigenvalue weighted by molar-refractivity contribution is 5.94. The number of carbonyl (C=O) groups excluding carboxylic acids is 2. The Morgan fingerprint density at radius 2 is 1.87 bits per heavy atom. The molecule has 1 fully saturated rings. The predicted octanol–water partition coefficient (Wildman–Crippen LogP) is 3.77. The molecule has 8 heteroatoms. The van der Waals surface area contributed by atoms with E-state index in [1.54, 1.807) is 37.5 Å². The van der Waals surface area contributed by atoms with E-state index < -0.39 is 0 Å². The highest BCUT2D eigenvalue weighted by atomic mass is 16.5. The normalized spacial score (nSPS) is 14.3. The smallest absolute Gasteiger partial charge is 0.338 e. The van der Waals surface area contributed by atoms with Crippen molar-refractivity contribution >= 4 is 23.4 Å². The number of hydrogen-bond acceptors (Lipinski definition) is 7. The van der Waals surface area contributed by atoms with Crippen LogP contribution >= 0.6 is 0 Å². The van der Waals surface area contributed by atoms with Crippen molar-refractivity contribution < 1.29 is 18.7 Å². The van der Waals surface area contributed by atoms with Crippen molar-refractivity contribution in [3.63, 3.8) is 0 Å².